The summed E-state index contributed by atoms with van der Waals surface area (Å²) in [6, 6.07) is 9.00. The van der Waals surface area contributed by atoms with Crippen LogP contribution in [0.2, 0.25) is 0 Å². The van der Waals surface area contributed by atoms with Gasteiger partial charge in [-0.1, -0.05) is 12.1 Å². The van der Waals surface area contributed by atoms with Gasteiger partial charge in [0, 0.05) is 29.4 Å². The highest BCUT2D eigenvalue weighted by atomic mass is 19.1. The molecule has 5 nitrogen and oxygen atoms in total. The van der Waals surface area contributed by atoms with Crippen molar-refractivity contribution in [3.8, 4) is 0 Å². The van der Waals surface area contributed by atoms with Crippen LogP contribution in [0.1, 0.15) is 45.9 Å². The number of benzene rings is 1. The van der Waals surface area contributed by atoms with E-state index in [1.165, 1.54) is 0 Å². The van der Waals surface area contributed by atoms with Crippen LogP contribution in [0.4, 0.5) is 4.39 Å². The van der Waals surface area contributed by atoms with Gasteiger partial charge >= 0.3 is 0 Å². The second-order valence-corrected chi connectivity index (χ2v) is 6.88. The highest BCUT2D eigenvalue weighted by molar-refractivity contribution is 5.99. The molecule has 2 aromatic heterocycles. The Bertz CT molecular complexity index is 979. The van der Waals surface area contributed by atoms with Crippen LogP contribution in [0, 0.1) is 5.82 Å². The molecule has 6 heteroatoms. The Balaban J connectivity index is 1.67. The van der Waals surface area contributed by atoms with Gasteiger partial charge in [-0.2, -0.15) is 0 Å². The summed E-state index contributed by atoms with van der Waals surface area (Å²) in [7, 11) is 0. The van der Waals surface area contributed by atoms with Crippen molar-refractivity contribution in [2.45, 2.75) is 25.2 Å². The Morgan fingerprint density at radius 2 is 2.15 bits per heavy atom. The van der Waals surface area contributed by atoms with Gasteiger partial charge in [-0.05, 0) is 48.1 Å². The van der Waals surface area contributed by atoms with Crippen molar-refractivity contribution < 1.29 is 19.0 Å². The number of aliphatic hydroxyl groups excluding tert-OH is 1. The van der Waals surface area contributed by atoms with E-state index in [0.717, 1.165) is 23.9 Å². The van der Waals surface area contributed by atoms with Crippen molar-refractivity contribution in [2.24, 2.45) is 0 Å². The van der Waals surface area contributed by atoms with Gasteiger partial charge in [0.2, 0.25) is 0 Å². The van der Waals surface area contributed by atoms with Crippen LogP contribution in [-0.4, -0.2) is 40.1 Å². The Kier molecular flexibility index (Phi) is 5.01. The molecule has 1 aromatic carbocycles. The minimum Gasteiger partial charge on any atom is -0.394 e. The van der Waals surface area contributed by atoms with Crippen LogP contribution in [0.25, 0.3) is 5.52 Å². The first kappa shape index (κ1) is 17.8. The number of carbonyl (C=O) groups excluding carboxylic acids is 1. The molecule has 4 rings (SSSR count). The summed E-state index contributed by atoms with van der Waals surface area (Å²) in [5.74, 6) is 0.0537. The van der Waals surface area contributed by atoms with E-state index >= 15 is 0 Å². The van der Waals surface area contributed by atoms with Crippen LogP contribution >= 0.6 is 0 Å². The average molecular weight is 368 g/mol. The van der Waals surface area contributed by atoms with E-state index in [-0.39, 0.29) is 37.8 Å². The first-order valence-electron chi connectivity index (χ1n) is 9.11. The summed E-state index contributed by atoms with van der Waals surface area (Å²) in [5, 5.41) is 8.82. The molecule has 2 heterocycles. The molecule has 0 atom stereocenters. The van der Waals surface area contributed by atoms with Crippen molar-refractivity contribution >= 4 is 11.3 Å². The smallest absolute Gasteiger partial charge is 0.190 e. The number of ketones is 1. The monoisotopic (exact) mass is 368 g/mol. The zero-order valence-corrected chi connectivity index (χ0v) is 14.9. The highest BCUT2D eigenvalue weighted by Gasteiger charge is 2.25. The predicted octanol–water partition coefficient (Wildman–Crippen LogP) is 3.13. The Hall–Kier alpha value is -2.57. The molecule has 1 fully saturated rings. The van der Waals surface area contributed by atoms with Gasteiger partial charge in [-0.15, -0.1) is 0 Å². The fourth-order valence-electron chi connectivity index (χ4n) is 3.36. The molecular weight excluding hydrogens is 347 g/mol. The molecule has 1 saturated carbocycles. The third-order valence-corrected chi connectivity index (χ3v) is 4.94. The van der Waals surface area contributed by atoms with Gasteiger partial charge in [-0.25, -0.2) is 9.37 Å². The molecular formula is C21H21FN2O3. The number of fused-ring (bicyclic) bond motifs is 1. The third kappa shape index (κ3) is 3.77. The summed E-state index contributed by atoms with van der Waals surface area (Å²) in [6.07, 6.45) is 5.82. The molecule has 1 aliphatic rings. The molecule has 0 aliphatic heterocycles. The van der Waals surface area contributed by atoms with Crippen molar-refractivity contribution in [1.82, 2.24) is 9.38 Å². The number of hydrogen-bond donors (Lipinski definition) is 1. The second kappa shape index (κ2) is 7.58. The lowest BCUT2D eigenvalue weighted by Gasteiger charge is -2.09. The van der Waals surface area contributed by atoms with E-state index in [9.17, 15) is 9.18 Å². The predicted molar refractivity (Wildman–Crippen MR) is 98.6 cm³/mol. The zero-order valence-electron chi connectivity index (χ0n) is 14.9. The summed E-state index contributed by atoms with van der Waals surface area (Å²) >= 11 is 0. The largest absolute Gasteiger partial charge is 0.394 e. The maximum atomic E-state index is 14.6. The van der Waals surface area contributed by atoms with Crippen LogP contribution in [0.15, 0.2) is 42.9 Å². The Morgan fingerprint density at radius 3 is 2.89 bits per heavy atom. The normalized spacial score (nSPS) is 14.0. The van der Waals surface area contributed by atoms with Crippen molar-refractivity contribution in [2.75, 3.05) is 19.8 Å². The third-order valence-electron chi connectivity index (χ3n) is 4.94. The van der Waals surface area contributed by atoms with E-state index in [1.807, 2.05) is 16.5 Å². The van der Waals surface area contributed by atoms with Gasteiger partial charge < -0.3 is 14.2 Å². The van der Waals surface area contributed by atoms with E-state index < -0.39 is 0 Å². The van der Waals surface area contributed by atoms with Crippen LogP contribution < -0.4 is 0 Å². The van der Waals surface area contributed by atoms with Crippen molar-refractivity contribution in [1.29, 1.82) is 0 Å². The number of aromatic nitrogens is 2. The molecule has 0 unspecified atom stereocenters. The SMILES string of the molecule is O=C(COCCO)c1cc2ccncn2c1Cc1ccc(C2CC2)cc1F. The number of hydrogen-bond acceptors (Lipinski definition) is 4. The summed E-state index contributed by atoms with van der Waals surface area (Å²) in [5.41, 5.74) is 3.60. The van der Waals surface area contributed by atoms with Crippen LogP contribution in [-0.2, 0) is 11.2 Å². The minimum absolute atomic E-state index is 0.104. The number of carbonyl (C=O) groups is 1. The number of rotatable bonds is 8. The molecule has 0 spiro atoms. The van der Waals surface area contributed by atoms with Crippen LogP contribution in [0.3, 0.4) is 0 Å². The second-order valence-electron chi connectivity index (χ2n) is 6.88. The first-order chi connectivity index (χ1) is 13.2. The lowest BCUT2D eigenvalue weighted by atomic mass is 10.0. The van der Waals surface area contributed by atoms with Gasteiger partial charge in [0.15, 0.2) is 5.78 Å². The number of ether oxygens (including phenoxy) is 1. The fourth-order valence-corrected chi connectivity index (χ4v) is 3.36. The topological polar surface area (TPSA) is 63.8 Å². The molecule has 140 valence electrons. The molecule has 1 aliphatic carbocycles. The molecule has 3 aromatic rings. The Labute approximate surface area is 156 Å². The lowest BCUT2D eigenvalue weighted by Crippen LogP contribution is -2.13. The van der Waals surface area contributed by atoms with E-state index in [1.54, 1.807) is 30.7 Å². The highest BCUT2D eigenvalue weighted by Crippen LogP contribution is 2.40. The zero-order chi connectivity index (χ0) is 18.8. The van der Waals surface area contributed by atoms with Crippen molar-refractivity contribution in [3.05, 3.63) is 71.1 Å². The van der Waals surface area contributed by atoms with E-state index in [4.69, 9.17) is 9.84 Å². The Morgan fingerprint density at radius 1 is 1.30 bits per heavy atom. The molecule has 27 heavy (non-hydrogen) atoms. The quantitative estimate of drug-likeness (QED) is 0.490. The number of aliphatic hydroxyl groups is 1. The lowest BCUT2D eigenvalue weighted by molar-refractivity contribution is 0.0663. The molecule has 0 radical (unpaired) electrons. The van der Waals surface area contributed by atoms with E-state index in [0.29, 0.717) is 22.7 Å². The van der Waals surface area contributed by atoms with E-state index in [2.05, 4.69) is 4.98 Å². The van der Waals surface area contributed by atoms with Crippen LogP contribution in [0.5, 0.6) is 0 Å². The maximum absolute atomic E-state index is 14.6. The molecule has 0 amide bonds. The average Bonchev–Trinajstić information content (AvgIpc) is 3.46. The molecule has 0 saturated heterocycles. The van der Waals surface area contributed by atoms with Gasteiger partial charge in [0.25, 0.3) is 0 Å². The summed E-state index contributed by atoms with van der Waals surface area (Å²) < 4.78 is 21.6. The number of Topliss-reactive ketones (excluding diaryl/α,β-unsaturated/α-hetero) is 1. The standard InChI is InChI=1S/C21H21FN2O3/c22-19-9-15(14-1-2-14)3-4-16(19)10-20-18(21(26)12-27-8-7-25)11-17-5-6-23-13-24(17)20/h3-6,9,11,13-14,25H,1-2,7-8,10,12H2. The first-order valence-corrected chi connectivity index (χ1v) is 9.11. The number of nitrogens with zero attached hydrogens (tertiary/aromatic N) is 2. The minimum atomic E-state index is -0.242. The molecule has 1 N–H and O–H groups in total. The van der Waals surface area contributed by atoms with Gasteiger partial charge in [0.05, 0.1) is 19.5 Å². The van der Waals surface area contributed by atoms with Crippen molar-refractivity contribution in [3.63, 3.8) is 0 Å². The summed E-state index contributed by atoms with van der Waals surface area (Å²) in [4.78, 5) is 16.7. The molecule has 0 bridgehead atoms. The fraction of sp³-hybridized carbons (Fsp3) is 0.333. The summed E-state index contributed by atoms with van der Waals surface area (Å²) in [6.45, 7) is -0.158. The maximum Gasteiger partial charge on any atom is 0.190 e. The van der Waals surface area contributed by atoms with Gasteiger partial charge in [0.1, 0.15) is 12.4 Å². The van der Waals surface area contributed by atoms with Gasteiger partial charge in [-0.3, -0.25) is 4.79 Å². The number of halogens is 1.